The summed E-state index contributed by atoms with van der Waals surface area (Å²) in [5, 5.41) is 2.71. The summed E-state index contributed by atoms with van der Waals surface area (Å²) in [4.78, 5) is 0. The third-order valence-corrected chi connectivity index (χ3v) is 6.04. The summed E-state index contributed by atoms with van der Waals surface area (Å²) in [6.45, 7) is 11.8. The molecule has 164 valence electrons. The van der Waals surface area contributed by atoms with Gasteiger partial charge in [0.15, 0.2) is 8.32 Å². The van der Waals surface area contributed by atoms with Crippen molar-refractivity contribution in [2.24, 2.45) is 0 Å². The maximum Gasteiger partial charge on any atom is 0.183 e. The van der Waals surface area contributed by atoms with Crippen molar-refractivity contribution in [3.63, 3.8) is 0 Å². The van der Waals surface area contributed by atoms with Crippen LogP contribution in [0.2, 0.25) is 19.6 Å². The molecule has 0 amide bonds. The van der Waals surface area contributed by atoms with Crippen molar-refractivity contribution >= 4 is 28.4 Å². The second-order valence-electron chi connectivity index (χ2n) is 8.87. The van der Waals surface area contributed by atoms with E-state index in [-0.39, 0.29) is 24.8 Å². The standard InChI is InChI=1S/C23H25OSi.C3H6.2ClH.Zr/c1-25(2,3)24-15-14-19-16-18-9-5-7-11-21(18)23(19)22-13-12-17-8-4-6-10-20(17)22;1-3-2;;;/h4-13,16,23H,14-15H2,1-3H3;1-2H3;2*1H;/q-1;;;;+2/p-2. The first-order valence-corrected chi connectivity index (χ1v) is 15.0. The summed E-state index contributed by atoms with van der Waals surface area (Å²) >= 11 is 1.55. The Morgan fingerprint density at radius 2 is 1.58 bits per heavy atom. The number of rotatable bonds is 5. The number of fused-ring (bicyclic) bond motifs is 2. The molecule has 3 aromatic carbocycles. The molecule has 4 rings (SSSR count). The van der Waals surface area contributed by atoms with Crippen LogP contribution in [0.15, 0.2) is 66.2 Å². The van der Waals surface area contributed by atoms with Crippen LogP contribution in [-0.4, -0.2) is 18.1 Å². The van der Waals surface area contributed by atoms with E-state index in [1.54, 1.807) is 24.2 Å². The Labute approximate surface area is 215 Å². The second kappa shape index (κ2) is 12.5. The van der Waals surface area contributed by atoms with Crippen LogP contribution in [0.5, 0.6) is 0 Å². The van der Waals surface area contributed by atoms with E-state index in [0.29, 0.717) is 5.92 Å². The first-order chi connectivity index (χ1) is 13.8. The fourth-order valence-corrected chi connectivity index (χ4v) is 4.59. The van der Waals surface area contributed by atoms with Crippen LogP contribution in [0.25, 0.3) is 16.8 Å². The molecule has 0 spiro atoms. The molecule has 5 heteroatoms. The molecule has 0 aromatic heterocycles. The van der Waals surface area contributed by atoms with Gasteiger partial charge in [-0.2, -0.15) is 6.07 Å². The Morgan fingerprint density at radius 1 is 0.968 bits per heavy atom. The van der Waals surface area contributed by atoms with Crippen molar-refractivity contribution in [3.8, 4) is 0 Å². The van der Waals surface area contributed by atoms with E-state index in [2.05, 4.69) is 100 Å². The predicted octanol–water partition coefficient (Wildman–Crippen LogP) is 1.08. The molecule has 0 heterocycles. The third kappa shape index (κ3) is 7.69. The molecule has 1 aliphatic carbocycles. The van der Waals surface area contributed by atoms with Crippen molar-refractivity contribution in [2.45, 2.75) is 45.8 Å². The van der Waals surface area contributed by atoms with Crippen LogP contribution in [0, 0.1) is 0 Å². The molecule has 1 unspecified atom stereocenters. The van der Waals surface area contributed by atoms with Crippen LogP contribution in [-0.2, 0) is 28.7 Å². The summed E-state index contributed by atoms with van der Waals surface area (Å²) in [6.07, 6.45) is 3.39. The number of hydrogen-bond acceptors (Lipinski definition) is 1. The van der Waals surface area contributed by atoms with Crippen LogP contribution in [0.1, 0.15) is 42.9 Å². The fourth-order valence-electron chi connectivity index (χ4n) is 3.87. The van der Waals surface area contributed by atoms with Gasteiger partial charge in [0, 0.05) is 6.61 Å². The Balaban J connectivity index is 0.000000741. The topological polar surface area (TPSA) is 9.23 Å². The average molecular weight is 550 g/mol. The summed E-state index contributed by atoms with van der Waals surface area (Å²) in [5.41, 5.74) is 5.71. The molecule has 0 fully saturated rings. The largest absolute Gasteiger partial charge is 1.00 e. The minimum Gasteiger partial charge on any atom is -1.00 e. The number of halogens is 2. The van der Waals surface area contributed by atoms with Crippen molar-refractivity contribution < 1.29 is 53.5 Å². The number of hydrogen-bond donors (Lipinski definition) is 0. The van der Waals surface area contributed by atoms with E-state index < -0.39 is 8.32 Å². The predicted molar refractivity (Wildman–Crippen MR) is 126 cm³/mol. The van der Waals surface area contributed by atoms with Gasteiger partial charge < -0.3 is 29.2 Å². The molecule has 31 heavy (non-hydrogen) atoms. The Kier molecular flexibility index (Phi) is 11.4. The third-order valence-electron chi connectivity index (χ3n) is 4.97. The normalized spacial score (nSPS) is 14.5. The van der Waals surface area contributed by atoms with Gasteiger partial charge in [0.05, 0.1) is 0 Å². The van der Waals surface area contributed by atoms with Crippen molar-refractivity contribution in [3.05, 3.63) is 82.9 Å². The fraction of sp³-hybridized carbons (Fsp3) is 0.308. The molecular formula is C26H31Cl2OSiZr-. The second-order valence-corrected chi connectivity index (χ2v) is 15.8. The minimum atomic E-state index is -1.47. The number of benzene rings is 2. The van der Waals surface area contributed by atoms with E-state index in [1.165, 1.54) is 36.2 Å². The Bertz CT molecular complexity index is 1030. The van der Waals surface area contributed by atoms with E-state index in [9.17, 15) is 0 Å². The smallest absolute Gasteiger partial charge is 0.183 e. The first kappa shape index (κ1) is 28.3. The molecule has 1 atom stereocenters. The van der Waals surface area contributed by atoms with Crippen LogP contribution in [0.3, 0.4) is 0 Å². The maximum absolute atomic E-state index is 6.14. The Morgan fingerprint density at radius 3 is 2.26 bits per heavy atom. The summed E-state index contributed by atoms with van der Waals surface area (Å²) in [7, 11) is -1.47. The first-order valence-electron chi connectivity index (χ1n) is 10.4. The molecule has 3 aromatic rings. The van der Waals surface area contributed by atoms with Gasteiger partial charge >= 0.3 is 41.3 Å². The molecule has 0 saturated heterocycles. The van der Waals surface area contributed by atoms with Gasteiger partial charge in [0.2, 0.25) is 0 Å². The molecular weight excluding hydrogens is 519 g/mol. The zero-order valence-corrected chi connectivity index (χ0v) is 24.0. The Hall–Kier alpha value is -0.700. The summed E-state index contributed by atoms with van der Waals surface area (Å²) in [5.74, 6) is 0.362. The van der Waals surface area contributed by atoms with Crippen LogP contribution in [0.4, 0.5) is 0 Å². The van der Waals surface area contributed by atoms with Gasteiger partial charge in [-0.05, 0) is 43.1 Å². The van der Waals surface area contributed by atoms with E-state index >= 15 is 0 Å². The van der Waals surface area contributed by atoms with Gasteiger partial charge in [0.25, 0.3) is 0 Å². The minimum absolute atomic E-state index is 0. The maximum atomic E-state index is 6.14. The molecule has 0 N–H and O–H groups in total. The van der Waals surface area contributed by atoms with Gasteiger partial charge in [-0.25, -0.2) is 0 Å². The quantitative estimate of drug-likeness (QED) is 0.342. The van der Waals surface area contributed by atoms with Gasteiger partial charge in [-0.3, -0.25) is 0 Å². The molecule has 1 nitrogen and oxygen atoms in total. The van der Waals surface area contributed by atoms with E-state index in [0.717, 1.165) is 13.0 Å². The monoisotopic (exact) mass is 547 g/mol. The van der Waals surface area contributed by atoms with Crippen molar-refractivity contribution in [1.29, 1.82) is 0 Å². The van der Waals surface area contributed by atoms with E-state index in [4.69, 9.17) is 4.43 Å². The summed E-state index contributed by atoms with van der Waals surface area (Å²) in [6, 6.07) is 22.1. The molecule has 1 aliphatic rings. The molecule has 0 bridgehead atoms. The average Bonchev–Trinajstić information content (AvgIpc) is 3.21. The van der Waals surface area contributed by atoms with E-state index in [1.807, 2.05) is 0 Å². The van der Waals surface area contributed by atoms with Gasteiger partial charge in [-0.15, -0.1) is 40.6 Å². The van der Waals surface area contributed by atoms with Gasteiger partial charge in [0.1, 0.15) is 0 Å². The molecule has 0 radical (unpaired) electrons. The summed E-state index contributed by atoms with van der Waals surface area (Å²) < 4.78 is 7.65. The van der Waals surface area contributed by atoms with Crippen molar-refractivity contribution in [1.82, 2.24) is 0 Å². The SMILES string of the molecule is C[C](C)=[Zr+2].C[Si](C)(C)OCCC1=Cc2ccccc2C1[c-]1ccc2ccccc21.[Cl-].[Cl-]. The van der Waals surface area contributed by atoms with Crippen LogP contribution < -0.4 is 24.8 Å². The zero-order valence-electron chi connectivity index (χ0n) is 19.0. The van der Waals surface area contributed by atoms with Crippen LogP contribution >= 0.6 is 0 Å². The zero-order chi connectivity index (χ0) is 21.0. The molecule has 0 saturated carbocycles. The van der Waals surface area contributed by atoms with Gasteiger partial charge in [-0.1, -0.05) is 42.0 Å². The molecule has 0 aliphatic heterocycles. The van der Waals surface area contributed by atoms with Crippen molar-refractivity contribution in [2.75, 3.05) is 6.61 Å².